The monoisotopic (exact) mass is 127 g/mol. The van der Waals surface area contributed by atoms with Crippen LogP contribution in [0.4, 0.5) is 0 Å². The maximum absolute atomic E-state index is 2.99. The molecule has 0 spiro atoms. The lowest BCUT2D eigenvalue weighted by Gasteiger charge is -1.87. The molecule has 1 heteroatoms. The molecule has 0 heterocycles. The minimum absolute atomic E-state index is 1.02. The summed E-state index contributed by atoms with van der Waals surface area (Å²) in [5, 5.41) is 0. The lowest BCUT2D eigenvalue weighted by Crippen LogP contribution is -1.71. The van der Waals surface area contributed by atoms with Crippen LogP contribution in [0.5, 0.6) is 0 Å². The minimum Gasteiger partial charge on any atom is -0.157 e. The summed E-state index contributed by atoms with van der Waals surface area (Å²) in [6, 6.07) is 0. The molecule has 0 aromatic rings. The van der Waals surface area contributed by atoms with Crippen molar-refractivity contribution >= 4 is 11.8 Å². The summed E-state index contributed by atoms with van der Waals surface area (Å²) in [7, 11) is 0. The van der Waals surface area contributed by atoms with Crippen LogP contribution in [-0.2, 0) is 0 Å². The highest BCUT2D eigenvalue weighted by molar-refractivity contribution is 8.01. The van der Waals surface area contributed by atoms with Crippen molar-refractivity contribution in [3.63, 3.8) is 0 Å². The Bertz CT molecular complexity index is 86.3. The van der Waals surface area contributed by atoms with Crippen LogP contribution in [0.3, 0.4) is 0 Å². The molecule has 0 N–H and O–H groups in total. The van der Waals surface area contributed by atoms with Gasteiger partial charge in [-0.15, -0.1) is 11.8 Å². The van der Waals surface area contributed by atoms with E-state index in [1.807, 2.05) is 25.6 Å². The lowest BCUT2D eigenvalue weighted by atomic mass is 10.5. The van der Waals surface area contributed by atoms with E-state index in [9.17, 15) is 0 Å². The molecule has 0 aliphatic heterocycles. The first kappa shape index (κ1) is 7.91. The average molecular weight is 127 g/mol. The molecule has 0 nitrogen and oxygen atoms in total. The molecule has 0 aliphatic carbocycles. The third-order valence-electron chi connectivity index (χ3n) is 0.688. The number of hydrogen-bond acceptors (Lipinski definition) is 1. The first-order chi connectivity index (χ1) is 3.91. The fourth-order valence-electron chi connectivity index (χ4n) is 0.353. The molecule has 0 unspecified atom stereocenters. The summed E-state index contributed by atoms with van der Waals surface area (Å²) >= 11 is 1.82. The van der Waals surface area contributed by atoms with Crippen molar-refractivity contribution in [1.29, 1.82) is 0 Å². The van der Waals surface area contributed by atoms with Crippen LogP contribution in [0, 0.1) is 17.6 Å². The second-order valence-corrected chi connectivity index (χ2v) is 2.50. The smallest absolute Gasteiger partial charge is 0.0180 e. The quantitative estimate of drug-likeness (QED) is 0.414. The van der Waals surface area contributed by atoms with E-state index in [4.69, 9.17) is 0 Å². The van der Waals surface area contributed by atoms with Crippen LogP contribution in [-0.4, -0.2) is 5.75 Å². The molecule has 0 atom stereocenters. The highest BCUT2D eigenvalue weighted by Gasteiger charge is 1.78. The van der Waals surface area contributed by atoms with Crippen molar-refractivity contribution in [3.05, 3.63) is 5.75 Å². The van der Waals surface area contributed by atoms with Gasteiger partial charge >= 0.3 is 0 Å². The summed E-state index contributed by atoms with van der Waals surface area (Å²) in [5.74, 6) is 9.07. The maximum Gasteiger partial charge on any atom is 0.0180 e. The molecule has 0 rings (SSSR count). The molecule has 0 aliphatic rings. The molecule has 0 amide bonds. The summed E-state index contributed by atoms with van der Waals surface area (Å²) in [6.45, 7) is 3.92. The molecule has 45 valence electrons. The van der Waals surface area contributed by atoms with Gasteiger partial charge in [0.05, 0.1) is 0 Å². The number of hydrogen-bond donors (Lipinski definition) is 0. The van der Waals surface area contributed by atoms with Crippen molar-refractivity contribution in [2.24, 2.45) is 0 Å². The molecule has 0 fully saturated rings. The normalized spacial score (nSPS) is 7.75. The topological polar surface area (TPSA) is 0 Å². The average Bonchev–Trinajstić information content (AvgIpc) is 1.81. The standard InChI is InChI=1S/C7H11S/c1-3-5-6-7-8-4-2/h4H,6-7H2,1-2H3. The van der Waals surface area contributed by atoms with Gasteiger partial charge in [0, 0.05) is 17.9 Å². The van der Waals surface area contributed by atoms with Crippen molar-refractivity contribution < 1.29 is 0 Å². The SMILES string of the molecule is CC#CCCS[CH]C. The van der Waals surface area contributed by atoms with Gasteiger partial charge in [-0.25, -0.2) is 0 Å². The van der Waals surface area contributed by atoms with Crippen molar-refractivity contribution in [3.8, 4) is 11.8 Å². The van der Waals surface area contributed by atoms with E-state index in [0.717, 1.165) is 12.2 Å². The lowest BCUT2D eigenvalue weighted by molar-refractivity contribution is 1.30. The molecule has 0 saturated carbocycles. The van der Waals surface area contributed by atoms with Gasteiger partial charge in [-0.05, 0) is 6.92 Å². The third kappa shape index (κ3) is 5.91. The molecule has 0 aromatic heterocycles. The molecular formula is C7H11S. The molecule has 0 saturated heterocycles. The van der Waals surface area contributed by atoms with Crippen LogP contribution in [0.25, 0.3) is 0 Å². The zero-order valence-electron chi connectivity index (χ0n) is 5.40. The Morgan fingerprint density at radius 2 is 2.38 bits per heavy atom. The Hall–Kier alpha value is -0.0900. The van der Waals surface area contributed by atoms with Gasteiger partial charge < -0.3 is 0 Å². The molecular weight excluding hydrogens is 116 g/mol. The van der Waals surface area contributed by atoms with Gasteiger partial charge in [-0.2, -0.15) is 11.8 Å². The molecule has 0 bridgehead atoms. The zero-order chi connectivity index (χ0) is 6.24. The van der Waals surface area contributed by atoms with Gasteiger partial charge in [0.1, 0.15) is 0 Å². The van der Waals surface area contributed by atoms with Crippen molar-refractivity contribution in [2.45, 2.75) is 20.3 Å². The van der Waals surface area contributed by atoms with Crippen LogP contribution in [0.1, 0.15) is 20.3 Å². The van der Waals surface area contributed by atoms with Crippen LogP contribution < -0.4 is 0 Å². The van der Waals surface area contributed by atoms with E-state index in [1.54, 1.807) is 0 Å². The van der Waals surface area contributed by atoms with Gasteiger partial charge in [-0.3, -0.25) is 0 Å². The van der Waals surface area contributed by atoms with Gasteiger partial charge in [0.2, 0.25) is 0 Å². The fraction of sp³-hybridized carbons (Fsp3) is 0.571. The first-order valence-electron chi connectivity index (χ1n) is 2.71. The summed E-state index contributed by atoms with van der Waals surface area (Å²) in [6.07, 6.45) is 1.02. The zero-order valence-corrected chi connectivity index (χ0v) is 6.22. The summed E-state index contributed by atoms with van der Waals surface area (Å²) < 4.78 is 0. The van der Waals surface area contributed by atoms with Crippen molar-refractivity contribution in [2.75, 3.05) is 5.75 Å². The van der Waals surface area contributed by atoms with Crippen LogP contribution in [0.15, 0.2) is 0 Å². The highest BCUT2D eigenvalue weighted by atomic mass is 32.2. The van der Waals surface area contributed by atoms with E-state index < -0.39 is 0 Å². The highest BCUT2D eigenvalue weighted by Crippen LogP contribution is 2.03. The van der Waals surface area contributed by atoms with E-state index in [2.05, 4.69) is 17.6 Å². The van der Waals surface area contributed by atoms with Gasteiger partial charge in [0.25, 0.3) is 0 Å². The van der Waals surface area contributed by atoms with Crippen molar-refractivity contribution in [1.82, 2.24) is 0 Å². The molecule has 0 aromatic carbocycles. The second kappa shape index (κ2) is 6.91. The maximum atomic E-state index is 2.99. The minimum atomic E-state index is 1.02. The summed E-state index contributed by atoms with van der Waals surface area (Å²) in [4.78, 5) is 0. The first-order valence-corrected chi connectivity index (χ1v) is 3.75. The molecule has 8 heavy (non-hydrogen) atoms. The summed E-state index contributed by atoms with van der Waals surface area (Å²) in [5.41, 5.74) is 0. The number of rotatable bonds is 3. The predicted octanol–water partition coefficient (Wildman–Crippen LogP) is 2.31. The largest absolute Gasteiger partial charge is 0.157 e. The van der Waals surface area contributed by atoms with Crippen LogP contribution in [0.2, 0.25) is 0 Å². The Morgan fingerprint density at radius 1 is 1.62 bits per heavy atom. The van der Waals surface area contributed by atoms with E-state index >= 15 is 0 Å². The van der Waals surface area contributed by atoms with E-state index in [0.29, 0.717) is 0 Å². The molecule has 1 radical (unpaired) electrons. The second-order valence-electron chi connectivity index (χ2n) is 1.28. The van der Waals surface area contributed by atoms with Gasteiger partial charge in [-0.1, -0.05) is 6.92 Å². The van der Waals surface area contributed by atoms with E-state index in [1.165, 1.54) is 0 Å². The Kier molecular flexibility index (Phi) is 6.83. The van der Waals surface area contributed by atoms with E-state index in [-0.39, 0.29) is 0 Å². The Balaban J connectivity index is 2.79. The third-order valence-corrected chi connectivity index (χ3v) is 1.46. The van der Waals surface area contributed by atoms with Crippen LogP contribution >= 0.6 is 11.8 Å². The van der Waals surface area contributed by atoms with Gasteiger partial charge in [0.15, 0.2) is 0 Å². The number of thioether (sulfide) groups is 1. The Morgan fingerprint density at radius 3 is 2.88 bits per heavy atom. The predicted molar refractivity (Wildman–Crippen MR) is 40.5 cm³/mol. The Labute approximate surface area is 56.1 Å². The fourth-order valence-corrected chi connectivity index (χ4v) is 0.808.